The minimum atomic E-state index is -0.279. The number of oxazole rings is 1. The first kappa shape index (κ1) is 11.7. The van der Waals surface area contributed by atoms with Gasteiger partial charge in [-0.2, -0.15) is 0 Å². The molecule has 3 rings (SSSR count). The topological polar surface area (TPSA) is 52.0 Å². The molecule has 0 aliphatic heterocycles. The van der Waals surface area contributed by atoms with Gasteiger partial charge in [0.1, 0.15) is 11.3 Å². The number of aromatic nitrogens is 1. The van der Waals surface area contributed by atoms with Gasteiger partial charge in [-0.05, 0) is 48.4 Å². The van der Waals surface area contributed by atoms with E-state index in [9.17, 15) is 4.39 Å². The van der Waals surface area contributed by atoms with Crippen molar-refractivity contribution < 1.29 is 8.81 Å². The molecule has 0 saturated carbocycles. The third kappa shape index (κ3) is 2.05. The van der Waals surface area contributed by atoms with Crippen LogP contribution in [0.5, 0.6) is 0 Å². The summed E-state index contributed by atoms with van der Waals surface area (Å²) >= 11 is 0. The highest BCUT2D eigenvalue weighted by Gasteiger charge is 2.12. The Balaban J connectivity index is 2.18. The first-order chi connectivity index (χ1) is 9.17. The third-order valence-electron chi connectivity index (χ3n) is 3.06. The molecule has 0 bridgehead atoms. The number of hydrogen-bond donors (Lipinski definition) is 1. The average molecular weight is 256 g/mol. The molecule has 0 saturated heterocycles. The molecule has 0 radical (unpaired) electrons. The van der Waals surface area contributed by atoms with Gasteiger partial charge in [-0.1, -0.05) is 6.92 Å². The van der Waals surface area contributed by atoms with Crippen molar-refractivity contribution in [3.8, 4) is 11.5 Å². The Bertz CT molecular complexity index is 732. The van der Waals surface area contributed by atoms with Gasteiger partial charge in [0.2, 0.25) is 5.89 Å². The first-order valence-corrected chi connectivity index (χ1v) is 6.12. The van der Waals surface area contributed by atoms with Crippen LogP contribution in [0.3, 0.4) is 0 Å². The van der Waals surface area contributed by atoms with E-state index in [2.05, 4.69) is 4.98 Å². The van der Waals surface area contributed by atoms with E-state index in [1.807, 2.05) is 13.0 Å². The van der Waals surface area contributed by atoms with E-state index in [1.165, 1.54) is 12.1 Å². The van der Waals surface area contributed by atoms with Crippen LogP contribution < -0.4 is 5.73 Å². The van der Waals surface area contributed by atoms with Crippen molar-refractivity contribution in [2.45, 2.75) is 13.3 Å². The fraction of sp³-hybridized carbons (Fsp3) is 0.133. The van der Waals surface area contributed by atoms with Gasteiger partial charge in [0.05, 0.1) is 0 Å². The van der Waals surface area contributed by atoms with Crippen molar-refractivity contribution in [1.29, 1.82) is 0 Å². The lowest BCUT2D eigenvalue weighted by atomic mass is 10.1. The normalized spacial score (nSPS) is 11.1. The summed E-state index contributed by atoms with van der Waals surface area (Å²) in [5.41, 5.74) is 9.76. The fourth-order valence-corrected chi connectivity index (χ4v) is 2.10. The monoisotopic (exact) mass is 256 g/mol. The van der Waals surface area contributed by atoms with Crippen LogP contribution in [0.1, 0.15) is 12.5 Å². The van der Waals surface area contributed by atoms with Crippen molar-refractivity contribution in [3.05, 3.63) is 47.8 Å². The maximum Gasteiger partial charge on any atom is 0.227 e. The Morgan fingerprint density at radius 1 is 1.21 bits per heavy atom. The zero-order chi connectivity index (χ0) is 13.4. The van der Waals surface area contributed by atoms with Gasteiger partial charge in [-0.25, -0.2) is 9.37 Å². The molecule has 4 heteroatoms. The lowest BCUT2D eigenvalue weighted by molar-refractivity contribution is 0.613. The number of anilines is 1. The van der Waals surface area contributed by atoms with Crippen LogP contribution in [0.4, 0.5) is 10.1 Å². The minimum absolute atomic E-state index is 0.279. The number of hydrogen-bond acceptors (Lipinski definition) is 3. The Hall–Kier alpha value is -2.36. The number of nitrogens with zero attached hydrogens (tertiary/aromatic N) is 1. The van der Waals surface area contributed by atoms with Crippen molar-refractivity contribution in [2.24, 2.45) is 0 Å². The van der Waals surface area contributed by atoms with Crippen molar-refractivity contribution in [3.63, 3.8) is 0 Å². The second-order valence-corrected chi connectivity index (χ2v) is 4.41. The number of halogens is 1. The Morgan fingerprint density at radius 3 is 2.63 bits per heavy atom. The van der Waals surface area contributed by atoms with Gasteiger partial charge in [-0.15, -0.1) is 0 Å². The van der Waals surface area contributed by atoms with Crippen LogP contribution in [-0.4, -0.2) is 4.98 Å². The molecule has 0 amide bonds. The molecule has 1 heterocycles. The van der Waals surface area contributed by atoms with Crippen LogP contribution in [0.25, 0.3) is 22.6 Å². The summed E-state index contributed by atoms with van der Waals surface area (Å²) in [6, 6.07) is 9.75. The SMILES string of the molecule is CCc1cc(N)cc2nc(-c3ccc(F)cc3)oc12. The second kappa shape index (κ2) is 4.39. The number of nitrogens with two attached hydrogens (primary N) is 1. The number of rotatable bonds is 2. The largest absolute Gasteiger partial charge is 0.436 e. The summed E-state index contributed by atoms with van der Waals surface area (Å²) in [5.74, 6) is 0.202. The molecule has 0 spiro atoms. The maximum absolute atomic E-state index is 12.9. The second-order valence-electron chi connectivity index (χ2n) is 4.41. The lowest BCUT2D eigenvalue weighted by Gasteiger charge is -1.98. The van der Waals surface area contributed by atoms with Gasteiger partial charge in [0.25, 0.3) is 0 Å². The standard InChI is InChI=1S/C15H13FN2O/c1-2-9-7-12(17)8-13-14(9)19-15(18-13)10-3-5-11(16)6-4-10/h3-8H,2,17H2,1H3. The van der Waals surface area contributed by atoms with Crippen LogP contribution in [0.15, 0.2) is 40.8 Å². The van der Waals surface area contributed by atoms with Crippen LogP contribution >= 0.6 is 0 Å². The van der Waals surface area contributed by atoms with E-state index in [0.717, 1.165) is 28.6 Å². The summed E-state index contributed by atoms with van der Waals surface area (Å²) in [6.07, 6.45) is 0.819. The van der Waals surface area contributed by atoms with Crippen LogP contribution in [0.2, 0.25) is 0 Å². The summed E-state index contributed by atoms with van der Waals surface area (Å²) in [7, 11) is 0. The van der Waals surface area contributed by atoms with Crippen molar-refractivity contribution >= 4 is 16.8 Å². The van der Waals surface area contributed by atoms with Crippen LogP contribution in [0, 0.1) is 5.82 Å². The molecule has 1 aromatic heterocycles. The van der Waals surface area contributed by atoms with Gasteiger partial charge < -0.3 is 10.2 Å². The zero-order valence-corrected chi connectivity index (χ0v) is 10.5. The molecule has 19 heavy (non-hydrogen) atoms. The molecular formula is C15H13FN2O. The molecule has 2 N–H and O–H groups in total. The van der Waals surface area contributed by atoms with Crippen LogP contribution in [-0.2, 0) is 6.42 Å². The molecule has 0 aliphatic rings. The lowest BCUT2D eigenvalue weighted by Crippen LogP contribution is -1.88. The molecule has 96 valence electrons. The van der Waals surface area contributed by atoms with E-state index >= 15 is 0 Å². The average Bonchev–Trinajstić information content (AvgIpc) is 2.82. The van der Waals surface area contributed by atoms with Gasteiger partial charge in [-0.3, -0.25) is 0 Å². The molecule has 0 atom stereocenters. The first-order valence-electron chi connectivity index (χ1n) is 6.12. The molecule has 3 aromatic rings. The maximum atomic E-state index is 12.9. The molecule has 2 aromatic carbocycles. The summed E-state index contributed by atoms with van der Waals surface area (Å²) in [5, 5.41) is 0. The Labute approximate surface area is 109 Å². The number of aryl methyl sites for hydroxylation is 1. The zero-order valence-electron chi connectivity index (χ0n) is 10.5. The highest BCUT2D eigenvalue weighted by atomic mass is 19.1. The fourth-order valence-electron chi connectivity index (χ4n) is 2.10. The van der Waals surface area contributed by atoms with E-state index in [0.29, 0.717) is 11.6 Å². The molecule has 0 unspecified atom stereocenters. The Morgan fingerprint density at radius 2 is 1.95 bits per heavy atom. The van der Waals surface area contributed by atoms with Gasteiger partial charge >= 0.3 is 0 Å². The predicted molar refractivity (Wildman–Crippen MR) is 73.2 cm³/mol. The quantitative estimate of drug-likeness (QED) is 0.710. The van der Waals surface area contributed by atoms with E-state index in [1.54, 1.807) is 18.2 Å². The predicted octanol–water partition coefficient (Wildman–Crippen LogP) is 3.78. The van der Waals surface area contributed by atoms with Gasteiger partial charge in [0.15, 0.2) is 5.58 Å². The van der Waals surface area contributed by atoms with Gasteiger partial charge in [0, 0.05) is 11.3 Å². The summed E-state index contributed by atoms with van der Waals surface area (Å²) in [6.45, 7) is 2.04. The molecular weight excluding hydrogens is 243 g/mol. The van der Waals surface area contributed by atoms with E-state index in [-0.39, 0.29) is 5.82 Å². The summed E-state index contributed by atoms with van der Waals surface area (Å²) < 4.78 is 18.7. The Kier molecular flexibility index (Phi) is 2.71. The van der Waals surface area contributed by atoms with E-state index in [4.69, 9.17) is 10.2 Å². The highest BCUT2D eigenvalue weighted by molar-refractivity contribution is 5.82. The van der Waals surface area contributed by atoms with Crippen molar-refractivity contribution in [2.75, 3.05) is 5.73 Å². The highest BCUT2D eigenvalue weighted by Crippen LogP contribution is 2.28. The number of nitrogen functional groups attached to an aromatic ring is 1. The molecule has 0 aliphatic carbocycles. The summed E-state index contributed by atoms with van der Waals surface area (Å²) in [4.78, 5) is 4.41. The van der Waals surface area contributed by atoms with Crippen molar-refractivity contribution in [1.82, 2.24) is 4.98 Å². The number of benzene rings is 2. The third-order valence-corrected chi connectivity index (χ3v) is 3.06. The number of fused-ring (bicyclic) bond motifs is 1. The smallest absolute Gasteiger partial charge is 0.227 e. The molecule has 0 fully saturated rings. The molecule has 3 nitrogen and oxygen atoms in total. The van der Waals surface area contributed by atoms with E-state index < -0.39 is 0 Å². The minimum Gasteiger partial charge on any atom is -0.436 e.